The van der Waals surface area contributed by atoms with Crippen molar-refractivity contribution >= 4 is 46.8 Å². The minimum atomic E-state index is -1.06. The fraction of sp³-hybridized carbons (Fsp3) is 0.167. The Morgan fingerprint density at radius 3 is 2.64 bits per heavy atom. The molecule has 25 heavy (non-hydrogen) atoms. The first kappa shape index (κ1) is 17.5. The predicted molar refractivity (Wildman–Crippen MR) is 96.3 cm³/mol. The minimum absolute atomic E-state index is 0.0269. The van der Waals surface area contributed by atoms with Crippen molar-refractivity contribution in [2.45, 2.75) is 23.5 Å². The number of aromatic carboxylic acids is 1. The van der Waals surface area contributed by atoms with Crippen LogP contribution in [0, 0.1) is 6.92 Å². The summed E-state index contributed by atoms with van der Waals surface area (Å²) in [7, 11) is 0. The average molecular weight is 376 g/mol. The molecule has 0 aliphatic carbocycles. The maximum Gasteiger partial charge on any atom is 0.336 e. The van der Waals surface area contributed by atoms with Crippen molar-refractivity contribution in [1.29, 1.82) is 0 Å². The number of hydrogen-bond acceptors (Lipinski definition) is 4. The molecule has 2 aromatic rings. The summed E-state index contributed by atoms with van der Waals surface area (Å²) in [5.74, 6) is -1.72. The van der Waals surface area contributed by atoms with Crippen molar-refractivity contribution in [3.63, 3.8) is 0 Å². The van der Waals surface area contributed by atoms with E-state index in [9.17, 15) is 19.5 Å². The summed E-state index contributed by atoms with van der Waals surface area (Å²) >= 11 is 7.10. The largest absolute Gasteiger partial charge is 0.478 e. The Morgan fingerprint density at radius 2 is 1.96 bits per heavy atom. The summed E-state index contributed by atoms with van der Waals surface area (Å²) < 4.78 is 0. The highest BCUT2D eigenvalue weighted by Gasteiger charge is 2.40. The molecule has 0 radical (unpaired) electrons. The number of benzene rings is 2. The van der Waals surface area contributed by atoms with Gasteiger partial charge in [0.05, 0.1) is 16.5 Å². The lowest BCUT2D eigenvalue weighted by Crippen LogP contribution is -2.31. The third kappa shape index (κ3) is 3.41. The molecule has 0 saturated carbocycles. The van der Waals surface area contributed by atoms with E-state index in [0.29, 0.717) is 15.6 Å². The summed E-state index contributed by atoms with van der Waals surface area (Å²) in [6.45, 7) is 1.80. The number of anilines is 1. The van der Waals surface area contributed by atoms with Gasteiger partial charge in [0.15, 0.2) is 0 Å². The molecule has 7 heteroatoms. The lowest BCUT2D eigenvalue weighted by molar-refractivity contribution is -0.121. The Balaban J connectivity index is 1.87. The van der Waals surface area contributed by atoms with Crippen LogP contribution in [-0.4, -0.2) is 28.1 Å². The van der Waals surface area contributed by atoms with E-state index in [4.69, 9.17) is 11.6 Å². The standard InChI is InChI=1S/C18H14ClNO4S/c1-10-8-11(6-7-13(10)19)20-16(21)9-15(17(20)22)25-14-5-3-2-4-12(14)18(23)24/h2-8,15H,9H2,1H3,(H,23,24)/t15-/m1/s1. The van der Waals surface area contributed by atoms with E-state index in [1.165, 1.54) is 6.07 Å². The highest BCUT2D eigenvalue weighted by atomic mass is 35.5. The summed E-state index contributed by atoms with van der Waals surface area (Å²) in [6, 6.07) is 11.4. The quantitative estimate of drug-likeness (QED) is 0.823. The Hall–Kier alpha value is -2.31. The maximum atomic E-state index is 12.7. The van der Waals surface area contributed by atoms with Crippen molar-refractivity contribution in [2.75, 3.05) is 4.90 Å². The number of carboxylic acid groups (broad SMARTS) is 1. The highest BCUT2D eigenvalue weighted by Crippen LogP contribution is 2.36. The Labute approximate surface area is 153 Å². The molecule has 1 aliphatic heterocycles. The van der Waals surface area contributed by atoms with E-state index in [1.54, 1.807) is 43.3 Å². The number of carbonyl (C=O) groups is 3. The molecule has 0 bridgehead atoms. The van der Waals surface area contributed by atoms with Gasteiger partial charge in [-0.2, -0.15) is 0 Å². The van der Waals surface area contributed by atoms with Crippen LogP contribution in [0.25, 0.3) is 0 Å². The van der Waals surface area contributed by atoms with Gasteiger partial charge >= 0.3 is 5.97 Å². The zero-order valence-corrected chi connectivity index (χ0v) is 14.8. The summed E-state index contributed by atoms with van der Waals surface area (Å²) in [5, 5.41) is 9.17. The third-order valence-electron chi connectivity index (χ3n) is 3.89. The normalized spacial score (nSPS) is 17.2. The number of amides is 2. The van der Waals surface area contributed by atoms with Gasteiger partial charge in [-0.3, -0.25) is 9.59 Å². The first-order valence-corrected chi connectivity index (χ1v) is 8.76. The van der Waals surface area contributed by atoms with Gasteiger partial charge < -0.3 is 5.11 Å². The van der Waals surface area contributed by atoms with E-state index in [1.807, 2.05) is 0 Å². The molecule has 1 heterocycles. The molecule has 128 valence electrons. The molecule has 3 rings (SSSR count). The molecular formula is C18H14ClNO4S. The molecular weight excluding hydrogens is 362 g/mol. The molecule has 0 aromatic heterocycles. The van der Waals surface area contributed by atoms with E-state index in [2.05, 4.69) is 0 Å². The van der Waals surface area contributed by atoms with E-state index < -0.39 is 11.2 Å². The van der Waals surface area contributed by atoms with Crippen LogP contribution in [-0.2, 0) is 9.59 Å². The van der Waals surface area contributed by atoms with Crippen LogP contribution in [0.3, 0.4) is 0 Å². The van der Waals surface area contributed by atoms with Crippen LogP contribution < -0.4 is 4.90 Å². The van der Waals surface area contributed by atoms with E-state index >= 15 is 0 Å². The number of rotatable bonds is 4. The first-order chi connectivity index (χ1) is 11.9. The molecule has 1 aliphatic rings. The second kappa shape index (κ2) is 6.90. The molecule has 1 saturated heterocycles. The van der Waals surface area contributed by atoms with Crippen molar-refractivity contribution in [3.05, 3.63) is 58.6 Å². The van der Waals surface area contributed by atoms with Gasteiger partial charge in [-0.25, -0.2) is 9.69 Å². The number of carboxylic acids is 1. The van der Waals surface area contributed by atoms with Crippen molar-refractivity contribution in [3.8, 4) is 0 Å². The van der Waals surface area contributed by atoms with Gasteiger partial charge in [0.2, 0.25) is 11.8 Å². The molecule has 1 atom stereocenters. The topological polar surface area (TPSA) is 74.7 Å². The number of carbonyl (C=O) groups excluding carboxylic acids is 2. The lowest BCUT2D eigenvalue weighted by Gasteiger charge is -2.16. The van der Waals surface area contributed by atoms with Gasteiger partial charge in [0.25, 0.3) is 0 Å². The van der Waals surface area contributed by atoms with Crippen molar-refractivity contribution in [2.24, 2.45) is 0 Å². The summed E-state index contributed by atoms with van der Waals surface area (Å²) in [5.41, 5.74) is 1.37. The predicted octanol–water partition coefficient (Wildman–Crippen LogP) is 3.77. The average Bonchev–Trinajstić information content (AvgIpc) is 2.84. The second-order valence-corrected chi connectivity index (χ2v) is 7.26. The van der Waals surface area contributed by atoms with Crippen LogP contribution in [0.1, 0.15) is 22.3 Å². The second-order valence-electron chi connectivity index (χ2n) is 5.61. The van der Waals surface area contributed by atoms with Crippen molar-refractivity contribution in [1.82, 2.24) is 0 Å². The fourth-order valence-electron chi connectivity index (χ4n) is 2.63. The van der Waals surface area contributed by atoms with Crippen molar-refractivity contribution < 1.29 is 19.5 Å². The molecule has 1 N–H and O–H groups in total. The Bertz CT molecular complexity index is 883. The van der Waals surface area contributed by atoms with Gasteiger partial charge in [-0.05, 0) is 42.8 Å². The highest BCUT2D eigenvalue weighted by molar-refractivity contribution is 8.00. The maximum absolute atomic E-state index is 12.7. The third-order valence-corrected chi connectivity index (χ3v) is 5.58. The zero-order valence-electron chi connectivity index (χ0n) is 13.2. The summed E-state index contributed by atoms with van der Waals surface area (Å²) in [4.78, 5) is 38.0. The smallest absolute Gasteiger partial charge is 0.336 e. The number of aryl methyl sites for hydroxylation is 1. The molecule has 2 amide bonds. The zero-order chi connectivity index (χ0) is 18.1. The molecule has 0 unspecified atom stereocenters. The minimum Gasteiger partial charge on any atom is -0.478 e. The Morgan fingerprint density at radius 1 is 1.24 bits per heavy atom. The number of hydrogen-bond donors (Lipinski definition) is 1. The van der Waals surface area contributed by atoms with Crippen LogP contribution in [0.2, 0.25) is 5.02 Å². The molecule has 2 aromatic carbocycles. The molecule has 0 spiro atoms. The number of halogens is 1. The van der Waals surface area contributed by atoms with Gasteiger partial charge in [-0.15, -0.1) is 11.8 Å². The van der Waals surface area contributed by atoms with E-state index in [0.717, 1.165) is 22.2 Å². The molecule has 1 fully saturated rings. The molecule has 5 nitrogen and oxygen atoms in total. The Kier molecular flexibility index (Phi) is 4.83. The number of thioether (sulfide) groups is 1. The SMILES string of the molecule is Cc1cc(N2C(=O)C[C@@H](Sc3ccccc3C(=O)O)C2=O)ccc1Cl. The number of imide groups is 1. The monoisotopic (exact) mass is 375 g/mol. The first-order valence-electron chi connectivity index (χ1n) is 7.50. The van der Waals surface area contributed by atoms with Crippen LogP contribution in [0.15, 0.2) is 47.4 Å². The van der Waals surface area contributed by atoms with Crippen LogP contribution in [0.5, 0.6) is 0 Å². The summed E-state index contributed by atoms with van der Waals surface area (Å²) in [6.07, 6.45) is 0.0269. The van der Waals surface area contributed by atoms with Gasteiger partial charge in [-0.1, -0.05) is 23.7 Å². The lowest BCUT2D eigenvalue weighted by atomic mass is 10.2. The number of nitrogens with zero attached hydrogens (tertiary/aromatic N) is 1. The van der Waals surface area contributed by atoms with Gasteiger partial charge in [0, 0.05) is 16.3 Å². The van der Waals surface area contributed by atoms with E-state index in [-0.39, 0.29) is 23.8 Å². The fourth-order valence-corrected chi connectivity index (χ4v) is 3.93. The van der Waals surface area contributed by atoms with Gasteiger partial charge in [0.1, 0.15) is 0 Å². The van der Waals surface area contributed by atoms with Crippen LogP contribution in [0.4, 0.5) is 5.69 Å². The van der Waals surface area contributed by atoms with Crippen LogP contribution >= 0.6 is 23.4 Å².